The number of nitrogens with one attached hydrogen (secondary N) is 1. The Hall–Kier alpha value is -3.18. The zero-order valence-corrected chi connectivity index (χ0v) is 22.9. The highest BCUT2D eigenvalue weighted by Gasteiger charge is 2.32. The van der Waals surface area contributed by atoms with Crippen molar-refractivity contribution in [1.82, 2.24) is 29.2 Å². The fraction of sp³-hybridized carbons (Fsp3) is 0.520. The highest BCUT2D eigenvalue weighted by Crippen LogP contribution is 2.29. The predicted octanol–water partition coefficient (Wildman–Crippen LogP) is 3.88. The van der Waals surface area contributed by atoms with Crippen molar-refractivity contribution in [2.75, 3.05) is 31.6 Å². The van der Waals surface area contributed by atoms with Crippen LogP contribution in [0.5, 0.6) is 5.88 Å². The van der Waals surface area contributed by atoms with Gasteiger partial charge in [-0.05, 0) is 24.1 Å². The molecule has 0 radical (unpaired) electrons. The number of carbonyl (C=O) groups excluding carboxylic acids is 1. The smallest absolute Gasteiger partial charge is 0.245 e. The number of aryl methyl sites for hydroxylation is 1. The van der Waals surface area contributed by atoms with Gasteiger partial charge < -0.3 is 24.3 Å². The molecule has 10 nitrogen and oxygen atoms in total. The lowest BCUT2D eigenvalue weighted by atomic mass is 9.99. The number of hydrogen-bond acceptors (Lipinski definition) is 7. The van der Waals surface area contributed by atoms with E-state index in [-0.39, 0.29) is 11.8 Å². The first kappa shape index (κ1) is 25.9. The summed E-state index contributed by atoms with van der Waals surface area (Å²) in [4.78, 5) is 23.3. The maximum atomic E-state index is 12.1. The Morgan fingerprint density at radius 2 is 2.11 bits per heavy atom. The van der Waals surface area contributed by atoms with E-state index in [1.807, 2.05) is 35.0 Å². The molecule has 0 bridgehead atoms. The van der Waals surface area contributed by atoms with Crippen molar-refractivity contribution in [2.24, 2.45) is 18.9 Å². The van der Waals surface area contributed by atoms with Gasteiger partial charge in [-0.3, -0.25) is 9.48 Å². The third-order valence-electron chi connectivity index (χ3n) is 6.46. The van der Waals surface area contributed by atoms with Gasteiger partial charge in [-0.15, -0.1) is 0 Å². The van der Waals surface area contributed by atoms with Crippen LogP contribution >= 0.6 is 0 Å². The summed E-state index contributed by atoms with van der Waals surface area (Å²) < 4.78 is 15.9. The number of likely N-dealkylation sites (tertiary alicyclic amines) is 1. The van der Waals surface area contributed by atoms with E-state index in [9.17, 15) is 4.79 Å². The van der Waals surface area contributed by atoms with Crippen molar-refractivity contribution < 1.29 is 14.3 Å². The van der Waals surface area contributed by atoms with Crippen LogP contribution in [0.3, 0.4) is 0 Å². The zero-order chi connectivity index (χ0) is 25.9. The van der Waals surface area contributed by atoms with Crippen molar-refractivity contribution in [2.45, 2.75) is 39.3 Å². The van der Waals surface area contributed by atoms with Gasteiger partial charge in [-0.1, -0.05) is 33.1 Å². The monoisotopic (exact) mass is 511 g/mol. The molecular weight excluding hydrogens is 474 g/mol. The summed E-state index contributed by atoms with van der Waals surface area (Å²) >= 11 is 0. The minimum Gasteiger partial charge on any atom is -0.477 e. The van der Waals surface area contributed by atoms with Gasteiger partial charge in [0.1, 0.15) is 6.73 Å². The van der Waals surface area contributed by atoms with E-state index in [0.717, 1.165) is 29.4 Å². The summed E-state index contributed by atoms with van der Waals surface area (Å²) in [6.45, 7) is 15.7. The molecule has 0 spiro atoms. The molecule has 1 saturated heterocycles. The summed E-state index contributed by atoms with van der Waals surface area (Å²) in [7, 11) is 0.693. The average molecular weight is 512 g/mol. The Kier molecular flexibility index (Phi) is 7.79. The molecule has 194 valence electrons. The van der Waals surface area contributed by atoms with E-state index in [1.54, 1.807) is 10.9 Å². The molecule has 1 aliphatic rings. The lowest BCUT2D eigenvalue weighted by Gasteiger charge is -2.17. The van der Waals surface area contributed by atoms with Crippen LogP contribution in [-0.4, -0.2) is 69.5 Å². The van der Waals surface area contributed by atoms with Crippen LogP contribution in [0.2, 0.25) is 25.7 Å². The molecule has 1 aliphatic heterocycles. The topological polar surface area (TPSA) is 99.3 Å². The molecule has 0 unspecified atom stereocenters. The van der Waals surface area contributed by atoms with E-state index < -0.39 is 8.07 Å². The standard InChI is InChI=1S/C25H37N7O3Si/c1-7-22(33)32-13-18(2)19(14-32)16-35-24-21-8-9-31(17-34-10-11-36(4,5)6)23(21)28-25(29-24)27-20-12-26-30(3)15-20/h7-9,12,15,18-19H,1,10-11,13-14,16-17H2,2-6H3,(H,27,28,29)/t18-,19+/m0/s1. The van der Waals surface area contributed by atoms with Gasteiger partial charge in [0.05, 0.1) is 23.9 Å². The molecular formula is C25H37N7O3Si. The number of fused-ring (bicyclic) bond motifs is 1. The van der Waals surface area contributed by atoms with Crippen LogP contribution in [0.1, 0.15) is 6.92 Å². The second kappa shape index (κ2) is 10.8. The first-order valence-corrected chi connectivity index (χ1v) is 16.1. The maximum Gasteiger partial charge on any atom is 0.245 e. The molecule has 11 heteroatoms. The van der Waals surface area contributed by atoms with Crippen molar-refractivity contribution in [3.05, 3.63) is 37.3 Å². The molecule has 36 heavy (non-hydrogen) atoms. The minimum atomic E-state index is -1.16. The Bertz CT molecular complexity index is 1220. The molecule has 0 aromatic carbocycles. The number of ether oxygens (including phenoxy) is 2. The van der Waals surface area contributed by atoms with E-state index in [4.69, 9.17) is 14.5 Å². The predicted molar refractivity (Wildman–Crippen MR) is 143 cm³/mol. The van der Waals surface area contributed by atoms with Gasteiger partial charge in [0.25, 0.3) is 0 Å². The first-order valence-electron chi connectivity index (χ1n) is 12.4. The van der Waals surface area contributed by atoms with E-state index in [1.165, 1.54) is 6.08 Å². The summed E-state index contributed by atoms with van der Waals surface area (Å²) in [5.41, 5.74) is 1.53. The highest BCUT2D eigenvalue weighted by atomic mass is 28.3. The van der Waals surface area contributed by atoms with Crippen LogP contribution in [0.15, 0.2) is 37.3 Å². The normalized spacial score (nSPS) is 18.1. The number of aromatic nitrogens is 5. The lowest BCUT2D eigenvalue weighted by Crippen LogP contribution is -2.27. The summed E-state index contributed by atoms with van der Waals surface area (Å²) in [5, 5.41) is 8.26. The van der Waals surface area contributed by atoms with Crippen LogP contribution in [0, 0.1) is 11.8 Å². The quantitative estimate of drug-likeness (QED) is 0.237. The van der Waals surface area contributed by atoms with E-state index in [0.29, 0.717) is 44.2 Å². The van der Waals surface area contributed by atoms with Crippen LogP contribution in [-0.2, 0) is 23.3 Å². The molecule has 4 heterocycles. The van der Waals surface area contributed by atoms with Crippen molar-refractivity contribution >= 4 is 36.7 Å². The number of nitrogens with zero attached hydrogens (tertiary/aromatic N) is 6. The molecule has 0 aliphatic carbocycles. The van der Waals surface area contributed by atoms with Gasteiger partial charge >= 0.3 is 0 Å². The van der Waals surface area contributed by atoms with Gasteiger partial charge in [0.2, 0.25) is 17.7 Å². The molecule has 3 aromatic rings. The van der Waals surface area contributed by atoms with Gasteiger partial charge in [0.15, 0.2) is 5.65 Å². The van der Waals surface area contributed by atoms with Gasteiger partial charge in [-0.25, -0.2) is 0 Å². The molecule has 2 atom stereocenters. The second-order valence-electron chi connectivity index (χ2n) is 10.7. The van der Waals surface area contributed by atoms with Crippen LogP contribution in [0.25, 0.3) is 11.0 Å². The first-order chi connectivity index (χ1) is 17.1. The molecule has 4 rings (SSSR count). The van der Waals surface area contributed by atoms with E-state index >= 15 is 0 Å². The number of amides is 1. The molecule has 0 saturated carbocycles. The highest BCUT2D eigenvalue weighted by molar-refractivity contribution is 6.76. The fourth-order valence-corrected chi connectivity index (χ4v) is 4.97. The Balaban J connectivity index is 1.54. The summed E-state index contributed by atoms with van der Waals surface area (Å²) in [5.74, 6) is 1.43. The molecule has 1 N–H and O–H groups in total. The number of anilines is 2. The lowest BCUT2D eigenvalue weighted by molar-refractivity contribution is -0.125. The molecule has 1 amide bonds. The largest absolute Gasteiger partial charge is 0.477 e. The van der Waals surface area contributed by atoms with Gasteiger partial charge in [0, 0.05) is 53.1 Å². The minimum absolute atomic E-state index is 0.0389. The second-order valence-corrected chi connectivity index (χ2v) is 16.4. The maximum absolute atomic E-state index is 12.1. The van der Waals surface area contributed by atoms with Crippen molar-refractivity contribution in [3.8, 4) is 5.88 Å². The average Bonchev–Trinajstić information content (AvgIpc) is 3.52. The van der Waals surface area contributed by atoms with Gasteiger partial charge in [-0.2, -0.15) is 15.1 Å². The van der Waals surface area contributed by atoms with Crippen molar-refractivity contribution in [1.29, 1.82) is 0 Å². The number of hydrogen-bond donors (Lipinski definition) is 1. The zero-order valence-electron chi connectivity index (χ0n) is 21.9. The fourth-order valence-electron chi connectivity index (χ4n) is 4.21. The third kappa shape index (κ3) is 6.32. The Labute approximate surface area is 213 Å². The molecule has 1 fully saturated rings. The van der Waals surface area contributed by atoms with Crippen LogP contribution < -0.4 is 10.1 Å². The van der Waals surface area contributed by atoms with Crippen molar-refractivity contribution in [3.63, 3.8) is 0 Å². The van der Waals surface area contributed by atoms with Crippen LogP contribution in [0.4, 0.5) is 11.6 Å². The summed E-state index contributed by atoms with van der Waals surface area (Å²) in [6, 6.07) is 3.07. The Morgan fingerprint density at radius 1 is 1.31 bits per heavy atom. The number of carbonyl (C=O) groups is 1. The summed E-state index contributed by atoms with van der Waals surface area (Å²) in [6.07, 6.45) is 6.90. The SMILES string of the molecule is C=CC(=O)N1C[C@H](COc2nc(Nc3cnn(C)c3)nc3c2ccn3COCC[Si](C)(C)C)[C@@H](C)C1. The molecule has 3 aromatic heterocycles. The van der Waals surface area contributed by atoms with E-state index in [2.05, 4.69) is 48.5 Å². The third-order valence-corrected chi connectivity index (χ3v) is 8.16. The number of rotatable bonds is 11. The Morgan fingerprint density at radius 3 is 2.81 bits per heavy atom.